The maximum atomic E-state index is 9.68. The molecule has 4 rings (SSSR count). The van der Waals surface area contributed by atoms with Crippen LogP contribution in [0.5, 0.6) is 11.6 Å². The zero-order valence-electron chi connectivity index (χ0n) is 19.2. The second-order valence-corrected chi connectivity index (χ2v) is 7.97. The number of ether oxygens (including phenoxy) is 1. The van der Waals surface area contributed by atoms with Gasteiger partial charge < -0.3 is 20.3 Å². The summed E-state index contributed by atoms with van der Waals surface area (Å²) in [4.78, 5) is 11.0. The van der Waals surface area contributed by atoms with Crippen LogP contribution in [0.15, 0.2) is 48.7 Å². The van der Waals surface area contributed by atoms with E-state index in [1.807, 2.05) is 50.2 Å². The number of nitrogens with one attached hydrogen (secondary N) is 2. The van der Waals surface area contributed by atoms with Crippen LogP contribution in [0.4, 0.5) is 17.3 Å². The van der Waals surface area contributed by atoms with Crippen molar-refractivity contribution in [2.24, 2.45) is 0 Å². The fourth-order valence-electron chi connectivity index (χ4n) is 3.95. The van der Waals surface area contributed by atoms with Gasteiger partial charge in [0.05, 0.1) is 17.3 Å². The molecule has 0 amide bonds. The predicted molar refractivity (Wildman–Crippen MR) is 132 cm³/mol. The van der Waals surface area contributed by atoms with Crippen LogP contribution < -0.4 is 20.3 Å². The van der Waals surface area contributed by atoms with Crippen molar-refractivity contribution in [2.45, 2.75) is 13.8 Å². The summed E-state index contributed by atoms with van der Waals surface area (Å²) in [5.74, 6) is 1.49. The van der Waals surface area contributed by atoms with Gasteiger partial charge in [-0.1, -0.05) is 0 Å². The summed E-state index contributed by atoms with van der Waals surface area (Å²) in [5, 5.41) is 24.9. The van der Waals surface area contributed by atoms with E-state index in [0.717, 1.165) is 54.2 Å². The van der Waals surface area contributed by atoms with E-state index in [0.29, 0.717) is 23.1 Å². The molecule has 1 aliphatic heterocycles. The zero-order chi connectivity index (χ0) is 23.9. The molecule has 0 saturated carbocycles. The lowest BCUT2D eigenvalue weighted by atomic mass is 10.1. The van der Waals surface area contributed by atoms with E-state index in [1.54, 1.807) is 18.3 Å². The number of rotatable bonds is 6. The van der Waals surface area contributed by atoms with Crippen molar-refractivity contribution < 1.29 is 4.74 Å². The minimum Gasteiger partial charge on any atom is -0.438 e. The summed E-state index contributed by atoms with van der Waals surface area (Å²) in [5.41, 5.74) is 5.09. The molecule has 0 bridgehead atoms. The highest BCUT2D eigenvalue weighted by atomic mass is 16.5. The van der Waals surface area contributed by atoms with Crippen molar-refractivity contribution in [3.63, 3.8) is 0 Å². The van der Waals surface area contributed by atoms with Gasteiger partial charge in [-0.2, -0.15) is 15.5 Å². The molecule has 0 aliphatic carbocycles. The third-order valence-electron chi connectivity index (χ3n) is 5.50. The van der Waals surface area contributed by atoms with Gasteiger partial charge in [-0.25, -0.2) is 4.98 Å². The number of aromatic nitrogens is 2. The Balaban J connectivity index is 1.52. The summed E-state index contributed by atoms with van der Waals surface area (Å²) in [6, 6.07) is 15.6. The van der Waals surface area contributed by atoms with Crippen molar-refractivity contribution in [1.29, 1.82) is 10.5 Å². The highest BCUT2D eigenvalue weighted by Gasteiger charge is 2.15. The van der Waals surface area contributed by atoms with Crippen LogP contribution in [-0.2, 0) is 0 Å². The summed E-state index contributed by atoms with van der Waals surface area (Å²) < 4.78 is 6.08. The fourth-order valence-corrected chi connectivity index (χ4v) is 3.95. The Labute approximate surface area is 199 Å². The minimum atomic E-state index is 0.375. The topological polar surface area (TPSA) is 110 Å². The van der Waals surface area contributed by atoms with E-state index < -0.39 is 0 Å². The van der Waals surface area contributed by atoms with Crippen molar-refractivity contribution in [2.75, 3.05) is 36.4 Å². The number of nitrogens with zero attached hydrogens (tertiary/aromatic N) is 5. The molecular formula is C26H25N7O. The molecule has 2 heterocycles. The van der Waals surface area contributed by atoms with Crippen molar-refractivity contribution >= 4 is 23.4 Å². The Hall–Kier alpha value is -4.40. The van der Waals surface area contributed by atoms with Crippen LogP contribution in [0.25, 0.3) is 6.08 Å². The lowest BCUT2D eigenvalue weighted by Crippen LogP contribution is -2.43. The van der Waals surface area contributed by atoms with Crippen molar-refractivity contribution in [1.82, 2.24) is 15.3 Å². The number of hydrogen-bond donors (Lipinski definition) is 2. The highest BCUT2D eigenvalue weighted by Crippen LogP contribution is 2.30. The Morgan fingerprint density at radius 2 is 1.85 bits per heavy atom. The normalized spacial score (nSPS) is 13.4. The Bertz CT molecular complexity index is 1270. The van der Waals surface area contributed by atoms with Crippen LogP contribution in [0, 0.1) is 36.5 Å². The number of hydrogen-bond acceptors (Lipinski definition) is 8. The van der Waals surface area contributed by atoms with E-state index in [-0.39, 0.29) is 0 Å². The van der Waals surface area contributed by atoms with Crippen LogP contribution in [0.2, 0.25) is 0 Å². The highest BCUT2D eigenvalue weighted by molar-refractivity contribution is 5.68. The van der Waals surface area contributed by atoms with E-state index >= 15 is 0 Å². The maximum absolute atomic E-state index is 9.68. The molecule has 0 atom stereocenters. The summed E-state index contributed by atoms with van der Waals surface area (Å²) in [6.07, 6.45) is 4.84. The molecule has 3 aromatic rings. The number of allylic oxidation sites excluding steroid dienone is 1. The molecule has 0 radical (unpaired) electrons. The molecule has 1 saturated heterocycles. The number of anilines is 3. The van der Waals surface area contributed by atoms with Gasteiger partial charge in [-0.05, 0) is 66.9 Å². The molecule has 8 nitrogen and oxygen atoms in total. The molecule has 2 N–H and O–H groups in total. The number of nitriles is 2. The molecule has 0 spiro atoms. The molecule has 8 heteroatoms. The molecule has 170 valence electrons. The fraction of sp³-hybridized carbons (Fsp3) is 0.231. The molecule has 1 aromatic heterocycles. The number of piperazine rings is 1. The lowest BCUT2D eigenvalue weighted by Gasteiger charge is -2.30. The van der Waals surface area contributed by atoms with Gasteiger partial charge in [0.25, 0.3) is 0 Å². The largest absolute Gasteiger partial charge is 0.438 e. The predicted octanol–water partition coefficient (Wildman–Crippen LogP) is 4.45. The smallest absolute Gasteiger partial charge is 0.230 e. The van der Waals surface area contributed by atoms with Gasteiger partial charge in [-0.3, -0.25) is 0 Å². The average Bonchev–Trinajstić information content (AvgIpc) is 2.85. The Morgan fingerprint density at radius 1 is 1.09 bits per heavy atom. The van der Waals surface area contributed by atoms with Gasteiger partial charge in [0.2, 0.25) is 11.8 Å². The average molecular weight is 452 g/mol. The molecular weight excluding hydrogens is 426 g/mol. The maximum Gasteiger partial charge on any atom is 0.230 e. The quantitative estimate of drug-likeness (QED) is 0.529. The molecule has 0 unspecified atom stereocenters. The Morgan fingerprint density at radius 3 is 2.56 bits per heavy atom. The van der Waals surface area contributed by atoms with E-state index in [2.05, 4.69) is 31.6 Å². The molecule has 2 aromatic carbocycles. The SMILES string of the molecule is Cc1cc(/C=C/C#N)cc(C)c1Oc1ccnc(Nc2ccc(N3CCNCC3)c(C#N)c2)n1. The monoisotopic (exact) mass is 451 g/mol. The first-order valence-corrected chi connectivity index (χ1v) is 11.0. The second-order valence-electron chi connectivity index (χ2n) is 7.97. The van der Waals surface area contributed by atoms with Crippen LogP contribution in [-0.4, -0.2) is 36.1 Å². The van der Waals surface area contributed by atoms with Gasteiger partial charge in [0, 0.05) is 50.2 Å². The minimum absolute atomic E-state index is 0.375. The summed E-state index contributed by atoms with van der Waals surface area (Å²) in [7, 11) is 0. The number of aryl methyl sites for hydroxylation is 2. The third-order valence-corrected chi connectivity index (χ3v) is 5.50. The van der Waals surface area contributed by atoms with Crippen LogP contribution in [0.3, 0.4) is 0 Å². The van der Waals surface area contributed by atoms with Gasteiger partial charge in [0.1, 0.15) is 11.8 Å². The molecule has 1 fully saturated rings. The standard InChI is InChI=1S/C26H25N7O/c1-18-14-20(4-3-8-27)15-19(2)25(18)34-24-7-9-30-26(32-24)31-22-5-6-23(21(16-22)17-28)33-12-10-29-11-13-33/h3-7,9,14-16,29H,10-13H2,1-2H3,(H,30,31,32)/b4-3+. The number of benzene rings is 2. The lowest BCUT2D eigenvalue weighted by molar-refractivity contribution is 0.455. The molecule has 34 heavy (non-hydrogen) atoms. The van der Waals surface area contributed by atoms with E-state index in [1.165, 1.54) is 6.08 Å². The van der Waals surface area contributed by atoms with E-state index in [9.17, 15) is 5.26 Å². The first kappa shape index (κ1) is 22.8. The van der Waals surface area contributed by atoms with Gasteiger partial charge in [-0.15, -0.1) is 0 Å². The van der Waals surface area contributed by atoms with E-state index in [4.69, 9.17) is 10.00 Å². The first-order valence-electron chi connectivity index (χ1n) is 11.0. The van der Waals surface area contributed by atoms with Gasteiger partial charge >= 0.3 is 0 Å². The van der Waals surface area contributed by atoms with Gasteiger partial charge in [0.15, 0.2) is 0 Å². The van der Waals surface area contributed by atoms with Crippen molar-refractivity contribution in [3.8, 4) is 23.8 Å². The Kier molecular flexibility index (Phi) is 7.02. The summed E-state index contributed by atoms with van der Waals surface area (Å²) in [6.45, 7) is 7.47. The zero-order valence-corrected chi connectivity index (χ0v) is 19.2. The molecule has 1 aliphatic rings. The third kappa shape index (κ3) is 5.32. The first-order chi connectivity index (χ1) is 16.6. The summed E-state index contributed by atoms with van der Waals surface area (Å²) >= 11 is 0. The second kappa shape index (κ2) is 10.5. The van der Waals surface area contributed by atoms with Crippen molar-refractivity contribution in [3.05, 3.63) is 70.9 Å². The van der Waals surface area contributed by atoms with Crippen LogP contribution >= 0.6 is 0 Å². The van der Waals surface area contributed by atoms with Crippen LogP contribution in [0.1, 0.15) is 22.3 Å².